The number of aliphatic hydroxyl groups is 1. The molecule has 3 heterocycles. The lowest BCUT2D eigenvalue weighted by Crippen LogP contribution is -2.44. The van der Waals surface area contributed by atoms with Gasteiger partial charge in [0.1, 0.15) is 12.1 Å². The lowest BCUT2D eigenvalue weighted by atomic mass is 9.86. The minimum absolute atomic E-state index is 0.468. The highest BCUT2D eigenvalue weighted by atomic mass is 32.1. The van der Waals surface area contributed by atoms with E-state index >= 15 is 0 Å². The molecule has 1 saturated heterocycles. The van der Waals surface area contributed by atoms with Gasteiger partial charge in [-0.2, -0.15) is 0 Å². The van der Waals surface area contributed by atoms with Gasteiger partial charge in [0.2, 0.25) is 0 Å². The second-order valence-corrected chi connectivity index (χ2v) is 6.99. The van der Waals surface area contributed by atoms with Gasteiger partial charge < -0.3 is 10.0 Å². The van der Waals surface area contributed by atoms with Gasteiger partial charge in [-0.3, -0.25) is 0 Å². The van der Waals surface area contributed by atoms with Gasteiger partial charge in [-0.1, -0.05) is 19.8 Å². The quantitative estimate of drug-likeness (QED) is 0.939. The molecule has 2 aromatic rings. The van der Waals surface area contributed by atoms with Crippen LogP contribution >= 0.6 is 11.3 Å². The molecule has 0 bridgehead atoms. The van der Waals surface area contributed by atoms with Gasteiger partial charge in [-0.05, 0) is 37.1 Å². The van der Waals surface area contributed by atoms with Crippen molar-refractivity contribution in [3.8, 4) is 0 Å². The zero-order valence-corrected chi connectivity index (χ0v) is 13.6. The molecule has 114 valence electrons. The summed E-state index contributed by atoms with van der Waals surface area (Å²) in [5, 5.41) is 12.8. The number of rotatable bonds is 4. The summed E-state index contributed by atoms with van der Waals surface area (Å²) in [6.07, 6.45) is 6.51. The number of hydrogen-bond donors (Lipinski definition) is 1. The summed E-state index contributed by atoms with van der Waals surface area (Å²) in [5.41, 5.74) is 1.82. The van der Waals surface area contributed by atoms with Crippen LogP contribution in [0.15, 0.2) is 11.7 Å². The second-order valence-electron chi connectivity index (χ2n) is 6.11. The fraction of sp³-hybridized carbons (Fsp3) is 0.625. The first-order chi connectivity index (χ1) is 10.1. The summed E-state index contributed by atoms with van der Waals surface area (Å²) in [4.78, 5) is 11.2. The minimum atomic E-state index is -0.468. The predicted octanol–water partition coefficient (Wildman–Crippen LogP) is 3.52. The SMILES string of the molecule is CCCCC1(O)CCN(c2ncnc3c(C)csc23)CC1. The third kappa shape index (κ3) is 2.90. The van der Waals surface area contributed by atoms with E-state index in [1.807, 2.05) is 0 Å². The molecule has 5 heteroatoms. The first-order valence-electron chi connectivity index (χ1n) is 7.79. The van der Waals surface area contributed by atoms with Crippen molar-refractivity contribution in [1.82, 2.24) is 9.97 Å². The Balaban J connectivity index is 1.77. The molecule has 3 rings (SSSR count). The van der Waals surface area contributed by atoms with Crippen molar-refractivity contribution in [2.75, 3.05) is 18.0 Å². The maximum absolute atomic E-state index is 10.6. The van der Waals surface area contributed by atoms with Crippen molar-refractivity contribution in [2.45, 2.75) is 51.6 Å². The molecule has 0 saturated carbocycles. The average Bonchev–Trinajstić information content (AvgIpc) is 2.88. The number of hydrogen-bond acceptors (Lipinski definition) is 5. The van der Waals surface area contributed by atoms with Crippen LogP contribution < -0.4 is 4.90 Å². The van der Waals surface area contributed by atoms with E-state index in [1.165, 1.54) is 10.3 Å². The number of thiophene rings is 1. The summed E-state index contributed by atoms with van der Waals surface area (Å²) in [7, 11) is 0. The maximum Gasteiger partial charge on any atom is 0.150 e. The molecule has 0 radical (unpaired) electrons. The summed E-state index contributed by atoms with van der Waals surface area (Å²) >= 11 is 1.72. The second kappa shape index (κ2) is 5.89. The van der Waals surface area contributed by atoms with E-state index in [2.05, 4.69) is 34.1 Å². The average molecular weight is 305 g/mol. The Bertz CT molecular complexity index is 617. The van der Waals surface area contributed by atoms with Crippen molar-refractivity contribution >= 4 is 27.4 Å². The van der Waals surface area contributed by atoms with E-state index in [9.17, 15) is 5.11 Å². The van der Waals surface area contributed by atoms with E-state index in [0.717, 1.165) is 56.5 Å². The Morgan fingerprint density at radius 2 is 2.10 bits per heavy atom. The fourth-order valence-electron chi connectivity index (χ4n) is 3.07. The molecule has 21 heavy (non-hydrogen) atoms. The van der Waals surface area contributed by atoms with Gasteiger partial charge in [-0.15, -0.1) is 11.3 Å². The predicted molar refractivity (Wildman–Crippen MR) is 88.1 cm³/mol. The van der Waals surface area contributed by atoms with Crippen LogP contribution in [0.2, 0.25) is 0 Å². The Morgan fingerprint density at radius 3 is 2.81 bits per heavy atom. The summed E-state index contributed by atoms with van der Waals surface area (Å²) in [6, 6.07) is 0. The van der Waals surface area contributed by atoms with E-state index in [0.29, 0.717) is 0 Å². The normalized spacial score (nSPS) is 18.3. The van der Waals surface area contributed by atoms with Crippen LogP contribution in [0.4, 0.5) is 5.82 Å². The highest BCUT2D eigenvalue weighted by molar-refractivity contribution is 7.18. The van der Waals surface area contributed by atoms with Crippen LogP contribution in [-0.4, -0.2) is 33.8 Å². The molecule has 1 fully saturated rings. The third-order valence-corrected chi connectivity index (χ3v) is 5.58. The van der Waals surface area contributed by atoms with Gasteiger partial charge in [0.05, 0.1) is 15.8 Å². The number of fused-ring (bicyclic) bond motifs is 1. The first-order valence-corrected chi connectivity index (χ1v) is 8.67. The Labute approximate surface area is 129 Å². The fourth-order valence-corrected chi connectivity index (χ4v) is 4.09. The molecule has 2 aromatic heterocycles. The zero-order chi connectivity index (χ0) is 14.9. The largest absolute Gasteiger partial charge is 0.390 e. The molecule has 0 amide bonds. The van der Waals surface area contributed by atoms with Gasteiger partial charge in [0.15, 0.2) is 0 Å². The zero-order valence-electron chi connectivity index (χ0n) is 12.8. The van der Waals surface area contributed by atoms with Crippen molar-refractivity contribution in [2.24, 2.45) is 0 Å². The van der Waals surface area contributed by atoms with E-state index in [4.69, 9.17) is 0 Å². The van der Waals surface area contributed by atoms with E-state index in [-0.39, 0.29) is 0 Å². The van der Waals surface area contributed by atoms with Crippen molar-refractivity contribution in [3.05, 3.63) is 17.3 Å². The van der Waals surface area contributed by atoms with Gasteiger partial charge in [-0.25, -0.2) is 9.97 Å². The number of aromatic nitrogens is 2. The maximum atomic E-state index is 10.6. The van der Waals surface area contributed by atoms with Crippen LogP contribution in [0, 0.1) is 6.92 Å². The number of anilines is 1. The molecule has 1 aliphatic heterocycles. The summed E-state index contributed by atoms with van der Waals surface area (Å²) < 4.78 is 1.17. The van der Waals surface area contributed by atoms with Crippen molar-refractivity contribution in [3.63, 3.8) is 0 Å². The molecule has 0 atom stereocenters. The Hall–Kier alpha value is -1.20. The summed E-state index contributed by atoms with van der Waals surface area (Å²) in [6.45, 7) is 6.02. The molecule has 1 aliphatic rings. The minimum Gasteiger partial charge on any atom is -0.390 e. The smallest absolute Gasteiger partial charge is 0.150 e. The van der Waals surface area contributed by atoms with Gasteiger partial charge in [0.25, 0.3) is 0 Å². The number of piperidine rings is 1. The van der Waals surface area contributed by atoms with Crippen molar-refractivity contribution < 1.29 is 5.11 Å². The first kappa shape index (κ1) is 14.7. The monoisotopic (exact) mass is 305 g/mol. The summed E-state index contributed by atoms with van der Waals surface area (Å²) in [5.74, 6) is 1.04. The van der Waals surface area contributed by atoms with Crippen LogP contribution in [0.1, 0.15) is 44.6 Å². The Kier molecular flexibility index (Phi) is 4.13. The highest BCUT2D eigenvalue weighted by Crippen LogP contribution is 2.34. The topological polar surface area (TPSA) is 49.2 Å². The lowest BCUT2D eigenvalue weighted by molar-refractivity contribution is 0.00604. The molecule has 4 nitrogen and oxygen atoms in total. The van der Waals surface area contributed by atoms with Gasteiger partial charge >= 0.3 is 0 Å². The highest BCUT2D eigenvalue weighted by Gasteiger charge is 2.32. The number of aryl methyl sites for hydroxylation is 1. The van der Waals surface area contributed by atoms with Crippen LogP contribution in [0.5, 0.6) is 0 Å². The van der Waals surface area contributed by atoms with E-state index < -0.39 is 5.60 Å². The molecule has 0 aromatic carbocycles. The molecule has 0 unspecified atom stereocenters. The Morgan fingerprint density at radius 1 is 1.33 bits per heavy atom. The molecular weight excluding hydrogens is 282 g/mol. The van der Waals surface area contributed by atoms with E-state index in [1.54, 1.807) is 17.7 Å². The lowest BCUT2D eigenvalue weighted by Gasteiger charge is -2.39. The van der Waals surface area contributed by atoms with Crippen molar-refractivity contribution in [1.29, 1.82) is 0 Å². The van der Waals surface area contributed by atoms with Crippen LogP contribution in [-0.2, 0) is 0 Å². The number of unbranched alkanes of at least 4 members (excludes halogenated alkanes) is 1. The molecular formula is C16H23N3OS. The number of nitrogens with zero attached hydrogens (tertiary/aromatic N) is 3. The van der Waals surface area contributed by atoms with Crippen LogP contribution in [0.25, 0.3) is 10.2 Å². The van der Waals surface area contributed by atoms with Crippen LogP contribution in [0.3, 0.4) is 0 Å². The standard InChI is InChI=1S/C16H23N3OS/c1-3-4-5-16(20)6-8-19(9-7-16)15-14-13(17-11-18-15)12(2)10-21-14/h10-11,20H,3-9H2,1-2H3. The molecule has 0 spiro atoms. The molecule has 0 aliphatic carbocycles. The third-order valence-electron chi connectivity index (χ3n) is 4.50. The molecule has 1 N–H and O–H groups in total. The van der Waals surface area contributed by atoms with Gasteiger partial charge in [0, 0.05) is 13.1 Å².